The van der Waals surface area contributed by atoms with Crippen molar-refractivity contribution in [3.8, 4) is 0 Å². The van der Waals surface area contributed by atoms with Gasteiger partial charge in [-0.05, 0) is 31.5 Å². The second-order valence-electron chi connectivity index (χ2n) is 7.00. The van der Waals surface area contributed by atoms with Crippen molar-refractivity contribution < 1.29 is 4.79 Å². The molecule has 6 heteroatoms. The summed E-state index contributed by atoms with van der Waals surface area (Å²) in [5.41, 5.74) is 3.14. The molecule has 0 saturated heterocycles. The van der Waals surface area contributed by atoms with Crippen LogP contribution in [0.2, 0.25) is 0 Å². The highest BCUT2D eigenvalue weighted by Gasteiger charge is 2.18. The molecule has 150 valence electrons. The van der Waals surface area contributed by atoms with Crippen molar-refractivity contribution in [2.24, 2.45) is 0 Å². The number of carbonyl (C=O) groups excluding carboxylic acids is 1. The quantitative estimate of drug-likeness (QED) is 0.509. The maximum absolute atomic E-state index is 13.1. The average Bonchev–Trinajstić information content (AvgIpc) is 2.77. The monoisotopic (exact) mass is 397 g/mol. The highest BCUT2D eigenvalue weighted by atomic mass is 16.2. The Bertz CT molecular complexity index is 1170. The molecule has 0 aliphatic heterocycles. The summed E-state index contributed by atoms with van der Waals surface area (Å²) in [5.74, 6) is 0.984. The smallest absolute Gasteiger partial charge is 0.272 e. The minimum atomic E-state index is -0.119. The van der Waals surface area contributed by atoms with E-state index < -0.39 is 0 Å². The van der Waals surface area contributed by atoms with E-state index in [0.717, 1.165) is 22.2 Å². The van der Waals surface area contributed by atoms with Gasteiger partial charge in [0.1, 0.15) is 17.3 Å². The Morgan fingerprint density at radius 2 is 1.80 bits per heavy atom. The largest absolute Gasteiger partial charge is 0.338 e. The number of carbonyl (C=O) groups is 1. The van der Waals surface area contributed by atoms with Crippen LogP contribution in [0.1, 0.15) is 28.8 Å². The molecule has 6 nitrogen and oxygen atoms in total. The van der Waals surface area contributed by atoms with Crippen LogP contribution in [0.15, 0.2) is 72.9 Å². The SMILES string of the molecule is CCN(Cc1ccccc1)C(=O)c1cc(Nc2cccc3cccnc23)nc(C)n1. The summed E-state index contributed by atoms with van der Waals surface area (Å²) in [6, 6.07) is 21.5. The number of benzene rings is 2. The molecule has 0 aliphatic carbocycles. The zero-order valence-corrected chi connectivity index (χ0v) is 17.0. The van der Waals surface area contributed by atoms with Gasteiger partial charge in [0.25, 0.3) is 5.91 Å². The van der Waals surface area contributed by atoms with E-state index in [1.54, 1.807) is 24.1 Å². The van der Waals surface area contributed by atoms with E-state index in [9.17, 15) is 4.79 Å². The van der Waals surface area contributed by atoms with Crippen molar-refractivity contribution in [1.29, 1.82) is 0 Å². The molecule has 0 fully saturated rings. The molecule has 0 bridgehead atoms. The summed E-state index contributed by atoms with van der Waals surface area (Å²) in [6.07, 6.45) is 1.76. The third kappa shape index (κ3) is 4.27. The fraction of sp³-hybridized carbons (Fsp3) is 0.167. The van der Waals surface area contributed by atoms with E-state index in [1.165, 1.54) is 0 Å². The first-order valence-corrected chi connectivity index (χ1v) is 9.93. The standard InChI is InChI=1S/C24H23N5O/c1-3-29(16-18-9-5-4-6-10-18)24(30)21-15-22(27-17(2)26-21)28-20-13-7-11-19-12-8-14-25-23(19)20/h4-15H,3,16H2,1-2H3,(H,26,27,28). The van der Waals surface area contributed by atoms with Crippen molar-refractivity contribution in [2.75, 3.05) is 11.9 Å². The molecule has 0 atom stereocenters. The van der Waals surface area contributed by atoms with E-state index in [2.05, 4.69) is 20.3 Å². The number of hydrogen-bond acceptors (Lipinski definition) is 5. The lowest BCUT2D eigenvalue weighted by Crippen LogP contribution is -2.31. The first-order valence-electron chi connectivity index (χ1n) is 9.93. The maximum atomic E-state index is 13.1. The van der Waals surface area contributed by atoms with Gasteiger partial charge in [0.05, 0.1) is 11.2 Å². The number of pyridine rings is 1. The molecule has 2 heterocycles. The molecular weight excluding hydrogens is 374 g/mol. The molecule has 4 rings (SSSR count). The predicted octanol–water partition coefficient (Wildman–Crippen LogP) is 4.74. The van der Waals surface area contributed by atoms with Crippen LogP contribution in [0.25, 0.3) is 10.9 Å². The van der Waals surface area contributed by atoms with Crippen LogP contribution in [0.3, 0.4) is 0 Å². The maximum Gasteiger partial charge on any atom is 0.272 e. The Morgan fingerprint density at radius 1 is 1.00 bits per heavy atom. The lowest BCUT2D eigenvalue weighted by molar-refractivity contribution is 0.0746. The molecule has 2 aromatic heterocycles. The number of hydrogen-bond donors (Lipinski definition) is 1. The number of aromatic nitrogens is 3. The van der Waals surface area contributed by atoms with Gasteiger partial charge < -0.3 is 10.2 Å². The van der Waals surface area contributed by atoms with Gasteiger partial charge in [-0.1, -0.05) is 48.5 Å². The van der Waals surface area contributed by atoms with Crippen LogP contribution < -0.4 is 5.32 Å². The summed E-state index contributed by atoms with van der Waals surface area (Å²) >= 11 is 0. The molecule has 0 radical (unpaired) electrons. The van der Waals surface area contributed by atoms with Gasteiger partial charge >= 0.3 is 0 Å². The fourth-order valence-electron chi connectivity index (χ4n) is 3.38. The van der Waals surface area contributed by atoms with Crippen LogP contribution in [0.5, 0.6) is 0 Å². The van der Waals surface area contributed by atoms with Gasteiger partial charge in [-0.2, -0.15) is 0 Å². The predicted molar refractivity (Wildman–Crippen MR) is 119 cm³/mol. The van der Waals surface area contributed by atoms with Crippen molar-refractivity contribution in [3.05, 3.63) is 90.0 Å². The summed E-state index contributed by atoms with van der Waals surface area (Å²) in [7, 11) is 0. The highest BCUT2D eigenvalue weighted by molar-refractivity contribution is 5.94. The van der Waals surface area contributed by atoms with Crippen LogP contribution in [-0.4, -0.2) is 32.3 Å². The fourth-order valence-corrected chi connectivity index (χ4v) is 3.38. The number of rotatable bonds is 6. The molecule has 0 spiro atoms. The average molecular weight is 397 g/mol. The first kappa shape index (κ1) is 19.5. The van der Waals surface area contributed by atoms with E-state index in [4.69, 9.17) is 0 Å². The van der Waals surface area contributed by atoms with Gasteiger partial charge in [-0.15, -0.1) is 0 Å². The van der Waals surface area contributed by atoms with E-state index in [-0.39, 0.29) is 5.91 Å². The Labute approximate surface area is 175 Å². The van der Waals surface area contributed by atoms with Gasteiger partial charge in [0.15, 0.2) is 0 Å². The summed E-state index contributed by atoms with van der Waals surface area (Å²) in [5, 5.41) is 4.34. The van der Waals surface area contributed by atoms with Crippen molar-refractivity contribution in [3.63, 3.8) is 0 Å². The van der Waals surface area contributed by atoms with Crippen LogP contribution in [0.4, 0.5) is 11.5 Å². The van der Waals surface area contributed by atoms with Crippen LogP contribution in [-0.2, 0) is 6.54 Å². The molecule has 0 unspecified atom stereocenters. The van der Waals surface area contributed by atoms with Gasteiger partial charge in [0, 0.05) is 30.7 Å². The minimum absolute atomic E-state index is 0.119. The third-order valence-electron chi connectivity index (χ3n) is 4.84. The Morgan fingerprint density at radius 3 is 2.60 bits per heavy atom. The molecule has 30 heavy (non-hydrogen) atoms. The Kier molecular flexibility index (Phi) is 5.66. The van der Waals surface area contributed by atoms with E-state index >= 15 is 0 Å². The van der Waals surface area contributed by atoms with Crippen LogP contribution >= 0.6 is 0 Å². The molecule has 0 aliphatic rings. The number of nitrogens with zero attached hydrogens (tertiary/aromatic N) is 4. The minimum Gasteiger partial charge on any atom is -0.338 e. The number of para-hydroxylation sites is 1. The number of amides is 1. The first-order chi connectivity index (χ1) is 14.6. The molecule has 4 aromatic rings. The van der Waals surface area contributed by atoms with Crippen LogP contribution in [0, 0.1) is 6.92 Å². The Balaban J connectivity index is 1.61. The summed E-state index contributed by atoms with van der Waals surface area (Å²) in [6.45, 7) is 4.88. The zero-order valence-electron chi connectivity index (χ0n) is 17.0. The summed E-state index contributed by atoms with van der Waals surface area (Å²) in [4.78, 5) is 28.2. The number of nitrogens with one attached hydrogen (secondary N) is 1. The van der Waals surface area contributed by atoms with Gasteiger partial charge in [0.2, 0.25) is 0 Å². The Hall–Kier alpha value is -3.80. The van der Waals surface area contributed by atoms with Gasteiger partial charge in [-0.3, -0.25) is 9.78 Å². The molecule has 0 saturated carbocycles. The van der Waals surface area contributed by atoms with Crippen molar-refractivity contribution in [2.45, 2.75) is 20.4 Å². The molecule has 2 aromatic carbocycles. The van der Waals surface area contributed by atoms with Crippen molar-refractivity contribution in [1.82, 2.24) is 19.9 Å². The van der Waals surface area contributed by atoms with E-state index in [0.29, 0.717) is 30.4 Å². The molecule has 1 amide bonds. The lowest BCUT2D eigenvalue weighted by atomic mass is 10.2. The van der Waals surface area contributed by atoms with E-state index in [1.807, 2.05) is 67.6 Å². The summed E-state index contributed by atoms with van der Waals surface area (Å²) < 4.78 is 0. The second-order valence-corrected chi connectivity index (χ2v) is 7.00. The lowest BCUT2D eigenvalue weighted by Gasteiger charge is -2.21. The van der Waals surface area contributed by atoms with Crippen molar-refractivity contribution >= 4 is 28.3 Å². The molecule has 1 N–H and O–H groups in total. The third-order valence-corrected chi connectivity index (χ3v) is 4.84. The normalized spacial score (nSPS) is 10.7. The topological polar surface area (TPSA) is 71.0 Å². The molecular formula is C24H23N5O. The number of anilines is 2. The zero-order chi connectivity index (χ0) is 20.9. The highest BCUT2D eigenvalue weighted by Crippen LogP contribution is 2.24. The number of fused-ring (bicyclic) bond motifs is 1. The number of aryl methyl sites for hydroxylation is 1. The van der Waals surface area contributed by atoms with Gasteiger partial charge in [-0.25, -0.2) is 9.97 Å². The second kappa shape index (κ2) is 8.69.